The minimum Gasteiger partial charge on any atom is -0.292 e. The van der Waals surface area contributed by atoms with Crippen LogP contribution in [0.15, 0.2) is 222 Å². The fraction of sp³-hybridized carbons (Fsp3) is 0.0175. The fourth-order valence-electron chi connectivity index (χ4n) is 10.3. The van der Waals surface area contributed by atoms with Crippen LogP contribution in [-0.4, -0.2) is 14.5 Å². The number of fused-ring (bicyclic) bond motifs is 14. The summed E-state index contributed by atoms with van der Waals surface area (Å²) in [6, 6.07) is 77.2. The predicted octanol–water partition coefficient (Wildman–Crippen LogP) is 14.6. The maximum atomic E-state index is 5.46. The molecule has 284 valence electrons. The van der Waals surface area contributed by atoms with Gasteiger partial charge in [0.05, 0.1) is 27.7 Å². The largest absolute Gasteiger partial charge is 0.292 e. The minimum atomic E-state index is -0.468. The number of imidazole rings is 1. The second-order valence-corrected chi connectivity index (χ2v) is 17.1. The molecule has 2 aromatic heterocycles. The SMILES string of the molecule is c1ccc(-c2nc3ccc(-c4ccc(-c5nc6ccccc6n5-c5ccccc5)cc4)cc3c3c4c(ccc23)C2(c3ccccc3S4)c3ccccc3-c3ccccc32)cc1. The van der Waals surface area contributed by atoms with Gasteiger partial charge in [-0.05, 0) is 87.0 Å². The average molecular weight is 794 g/mol. The molecule has 11 aromatic rings. The smallest absolute Gasteiger partial charge is 0.145 e. The number of hydrogen-bond acceptors (Lipinski definition) is 3. The summed E-state index contributed by atoms with van der Waals surface area (Å²) in [6.45, 7) is 0. The van der Waals surface area contributed by atoms with Crippen molar-refractivity contribution in [2.45, 2.75) is 15.2 Å². The second-order valence-electron chi connectivity index (χ2n) is 16.0. The van der Waals surface area contributed by atoms with E-state index in [0.29, 0.717) is 0 Å². The summed E-state index contributed by atoms with van der Waals surface area (Å²) in [5, 5.41) is 3.56. The van der Waals surface area contributed by atoms with E-state index < -0.39 is 5.41 Å². The van der Waals surface area contributed by atoms with Crippen molar-refractivity contribution >= 4 is 44.5 Å². The van der Waals surface area contributed by atoms with Crippen molar-refractivity contribution in [3.8, 4) is 50.6 Å². The van der Waals surface area contributed by atoms with Crippen molar-refractivity contribution < 1.29 is 0 Å². The molecule has 3 heterocycles. The lowest BCUT2D eigenvalue weighted by Gasteiger charge is -2.40. The molecule has 0 bridgehead atoms. The molecule has 1 aliphatic carbocycles. The Balaban J connectivity index is 1.05. The summed E-state index contributed by atoms with van der Waals surface area (Å²) in [7, 11) is 0. The molecule has 3 nitrogen and oxygen atoms in total. The molecule has 9 aromatic carbocycles. The van der Waals surface area contributed by atoms with Gasteiger partial charge in [-0.25, -0.2) is 9.97 Å². The van der Waals surface area contributed by atoms with Crippen LogP contribution in [0.4, 0.5) is 0 Å². The van der Waals surface area contributed by atoms with Gasteiger partial charge < -0.3 is 0 Å². The van der Waals surface area contributed by atoms with Gasteiger partial charge in [0, 0.05) is 42.8 Å². The van der Waals surface area contributed by atoms with Gasteiger partial charge in [-0.2, -0.15) is 0 Å². The van der Waals surface area contributed by atoms with Crippen LogP contribution < -0.4 is 0 Å². The van der Waals surface area contributed by atoms with Crippen LogP contribution in [0.5, 0.6) is 0 Å². The lowest BCUT2D eigenvalue weighted by atomic mass is 9.67. The van der Waals surface area contributed by atoms with Gasteiger partial charge in [0.1, 0.15) is 5.82 Å². The third-order valence-corrected chi connectivity index (χ3v) is 14.1. The molecule has 13 rings (SSSR count). The third-order valence-electron chi connectivity index (χ3n) is 12.9. The highest BCUT2D eigenvalue weighted by atomic mass is 32.2. The second kappa shape index (κ2) is 13.2. The van der Waals surface area contributed by atoms with Crippen molar-refractivity contribution in [1.29, 1.82) is 0 Å². The normalized spacial score (nSPS) is 13.3. The van der Waals surface area contributed by atoms with Crippen molar-refractivity contribution in [3.63, 3.8) is 0 Å². The van der Waals surface area contributed by atoms with Gasteiger partial charge in [-0.1, -0.05) is 182 Å². The van der Waals surface area contributed by atoms with Gasteiger partial charge in [0.25, 0.3) is 0 Å². The van der Waals surface area contributed by atoms with Gasteiger partial charge in [0.2, 0.25) is 0 Å². The summed E-state index contributed by atoms with van der Waals surface area (Å²) in [5.74, 6) is 0.925. The van der Waals surface area contributed by atoms with Crippen LogP contribution in [0.1, 0.15) is 22.3 Å². The fourth-order valence-corrected chi connectivity index (χ4v) is 11.6. The number of nitrogens with zero attached hydrogens (tertiary/aromatic N) is 3. The Morgan fingerprint density at radius 2 is 1.03 bits per heavy atom. The first-order chi connectivity index (χ1) is 30.3. The standard InChI is InChI=1S/C57H35N3S/c1-3-15-37(16-4-1)54-43-32-33-48-55(61-52-26-14-11-23-47(52)57(48)45-21-9-7-19-41(45)42-20-8-10-22-46(42)57)53(43)44-35-39(31-34-49(44)58-54)36-27-29-38(30-28-36)56-59-50-24-12-13-25-51(50)60(56)40-17-5-2-6-18-40/h1-35H. The van der Waals surface area contributed by atoms with E-state index in [1.807, 2.05) is 11.8 Å². The van der Waals surface area contributed by atoms with Crippen LogP contribution in [0.2, 0.25) is 0 Å². The molecular weight excluding hydrogens is 759 g/mol. The summed E-state index contributed by atoms with van der Waals surface area (Å²) < 4.78 is 2.26. The van der Waals surface area contributed by atoms with E-state index in [-0.39, 0.29) is 0 Å². The molecule has 0 fully saturated rings. The molecule has 0 radical (unpaired) electrons. The van der Waals surface area contributed by atoms with Gasteiger partial charge in [-0.3, -0.25) is 4.57 Å². The number of hydrogen-bond donors (Lipinski definition) is 0. The molecule has 0 atom stereocenters. The van der Waals surface area contributed by atoms with Crippen LogP contribution in [0.3, 0.4) is 0 Å². The molecule has 0 saturated heterocycles. The van der Waals surface area contributed by atoms with Crippen LogP contribution in [0.25, 0.3) is 83.3 Å². The van der Waals surface area contributed by atoms with Crippen molar-refractivity contribution in [2.75, 3.05) is 0 Å². The number of pyridine rings is 1. The van der Waals surface area contributed by atoms with Crippen LogP contribution in [-0.2, 0) is 5.41 Å². The maximum Gasteiger partial charge on any atom is 0.145 e. The lowest BCUT2D eigenvalue weighted by Crippen LogP contribution is -2.32. The molecule has 0 saturated carbocycles. The van der Waals surface area contributed by atoms with Gasteiger partial charge in [-0.15, -0.1) is 0 Å². The zero-order chi connectivity index (χ0) is 40.1. The van der Waals surface area contributed by atoms with E-state index in [2.05, 4.69) is 217 Å². The van der Waals surface area contributed by atoms with Crippen molar-refractivity contribution in [2.24, 2.45) is 0 Å². The number of benzene rings is 9. The summed E-state index contributed by atoms with van der Waals surface area (Å²) in [5.41, 5.74) is 17.1. The maximum absolute atomic E-state index is 5.46. The van der Waals surface area contributed by atoms with E-state index >= 15 is 0 Å². The molecule has 1 aliphatic heterocycles. The van der Waals surface area contributed by atoms with E-state index in [9.17, 15) is 0 Å². The predicted molar refractivity (Wildman–Crippen MR) is 252 cm³/mol. The average Bonchev–Trinajstić information content (AvgIpc) is 3.86. The van der Waals surface area contributed by atoms with Gasteiger partial charge >= 0.3 is 0 Å². The Bertz CT molecular complexity index is 3510. The lowest BCUT2D eigenvalue weighted by molar-refractivity contribution is 0.726. The third kappa shape index (κ3) is 4.94. The van der Waals surface area contributed by atoms with E-state index in [0.717, 1.165) is 66.8 Å². The number of aromatic nitrogens is 3. The monoisotopic (exact) mass is 793 g/mol. The molecule has 61 heavy (non-hydrogen) atoms. The Morgan fingerprint density at radius 1 is 0.410 bits per heavy atom. The van der Waals surface area contributed by atoms with Crippen LogP contribution >= 0.6 is 11.8 Å². The molecule has 0 N–H and O–H groups in total. The highest BCUT2D eigenvalue weighted by Gasteiger charge is 2.50. The van der Waals surface area contributed by atoms with Crippen LogP contribution in [0, 0.1) is 0 Å². The summed E-state index contributed by atoms with van der Waals surface area (Å²) >= 11 is 1.91. The molecular formula is C57H35N3S. The van der Waals surface area contributed by atoms with E-state index in [1.54, 1.807) is 0 Å². The molecule has 2 aliphatic rings. The quantitative estimate of drug-likeness (QED) is 0.166. The highest BCUT2D eigenvalue weighted by molar-refractivity contribution is 7.99. The summed E-state index contributed by atoms with van der Waals surface area (Å²) in [6.07, 6.45) is 0. The highest BCUT2D eigenvalue weighted by Crippen LogP contribution is 2.63. The molecule has 4 heteroatoms. The van der Waals surface area contributed by atoms with E-state index in [4.69, 9.17) is 9.97 Å². The Morgan fingerprint density at radius 3 is 1.80 bits per heavy atom. The van der Waals surface area contributed by atoms with Crippen molar-refractivity contribution in [1.82, 2.24) is 14.5 Å². The van der Waals surface area contributed by atoms with Crippen molar-refractivity contribution in [3.05, 3.63) is 235 Å². The zero-order valence-electron chi connectivity index (χ0n) is 33.0. The molecule has 0 unspecified atom stereocenters. The molecule has 1 spiro atoms. The minimum absolute atomic E-state index is 0.468. The first-order valence-electron chi connectivity index (χ1n) is 20.8. The zero-order valence-corrected chi connectivity index (χ0v) is 33.8. The Labute approximate surface area is 357 Å². The van der Waals surface area contributed by atoms with E-state index in [1.165, 1.54) is 48.6 Å². The topological polar surface area (TPSA) is 30.7 Å². The first-order valence-corrected chi connectivity index (χ1v) is 21.6. The molecule has 0 amide bonds. The van der Waals surface area contributed by atoms with Gasteiger partial charge in [0.15, 0.2) is 0 Å². The number of rotatable bonds is 4. The Kier molecular flexibility index (Phi) is 7.45. The summed E-state index contributed by atoms with van der Waals surface area (Å²) in [4.78, 5) is 13.2. The Hall–Kier alpha value is -7.53. The number of para-hydroxylation sites is 3. The first kappa shape index (κ1) is 34.3.